The first-order valence-corrected chi connectivity index (χ1v) is 13.6. The second kappa shape index (κ2) is 10.4. The van der Waals surface area contributed by atoms with E-state index in [0.29, 0.717) is 0 Å². The molecule has 5 rings (SSSR count). The summed E-state index contributed by atoms with van der Waals surface area (Å²) in [6, 6.07) is 22.2. The van der Waals surface area contributed by atoms with Crippen molar-refractivity contribution in [2.24, 2.45) is 5.92 Å². The van der Waals surface area contributed by atoms with Gasteiger partial charge in [0, 0.05) is 54.3 Å². The van der Waals surface area contributed by atoms with Crippen molar-refractivity contribution in [2.75, 3.05) is 44.7 Å². The molecule has 2 N–H and O–H groups in total. The molecular weight excluding hydrogens is 456 g/mol. The van der Waals surface area contributed by atoms with Crippen LogP contribution in [0, 0.1) is 5.92 Å². The molecule has 0 bridgehead atoms. The average molecular weight is 491 g/mol. The largest absolute Gasteiger partial charge is 0.508 e. The Kier molecular flexibility index (Phi) is 7.04. The molecule has 184 valence electrons. The van der Waals surface area contributed by atoms with Gasteiger partial charge in [0.1, 0.15) is 11.5 Å². The monoisotopic (exact) mass is 490 g/mol. The Morgan fingerprint density at radius 1 is 0.943 bits per heavy atom. The lowest BCUT2D eigenvalue weighted by Crippen LogP contribution is -2.48. The highest BCUT2D eigenvalue weighted by atomic mass is 32.2. The van der Waals surface area contributed by atoms with Crippen molar-refractivity contribution in [3.05, 3.63) is 83.3 Å². The number of hydrogen-bond donors (Lipinski definition) is 3. The minimum atomic E-state index is -0.684. The molecule has 35 heavy (non-hydrogen) atoms. The van der Waals surface area contributed by atoms with E-state index >= 15 is 0 Å². The number of nitrogens with zero attached hydrogens (tertiary/aromatic N) is 2. The van der Waals surface area contributed by atoms with E-state index in [1.165, 1.54) is 16.1 Å². The van der Waals surface area contributed by atoms with Gasteiger partial charge in [-0.05, 0) is 64.9 Å². The standard InChI is InChI=1S/C29H34N2O3S/c1-21(20-30-13-15-31(16-14-30)23-7-5-8-25(18-23)34-2)29(33)26-19-24(32)10-11-28(26)35-17-12-22-6-3-4-9-27(22)35/h3-12,17-19,21,29,32-33,35H,13-16,20H2,1-2H3. The molecule has 1 fully saturated rings. The van der Waals surface area contributed by atoms with Gasteiger partial charge in [0.2, 0.25) is 0 Å². The van der Waals surface area contributed by atoms with Crippen molar-refractivity contribution in [3.8, 4) is 11.5 Å². The molecule has 3 unspecified atom stereocenters. The van der Waals surface area contributed by atoms with Gasteiger partial charge in [-0.1, -0.05) is 31.2 Å². The Balaban J connectivity index is 1.26. The Labute approximate surface area is 210 Å². The number of aliphatic hydroxyl groups is 1. The second-order valence-electron chi connectivity index (χ2n) is 9.40. The molecule has 0 aromatic heterocycles. The first-order chi connectivity index (χ1) is 17.0. The minimum absolute atomic E-state index is 0.0377. The minimum Gasteiger partial charge on any atom is -0.508 e. The van der Waals surface area contributed by atoms with Crippen molar-refractivity contribution in [1.82, 2.24) is 4.90 Å². The van der Waals surface area contributed by atoms with Gasteiger partial charge in [-0.15, -0.1) is 0 Å². The number of rotatable bonds is 7. The summed E-state index contributed by atoms with van der Waals surface area (Å²) in [5.74, 6) is 1.12. The topological polar surface area (TPSA) is 56.2 Å². The van der Waals surface area contributed by atoms with Gasteiger partial charge < -0.3 is 19.8 Å². The van der Waals surface area contributed by atoms with Crippen LogP contribution in [0.5, 0.6) is 11.5 Å². The van der Waals surface area contributed by atoms with Crippen molar-refractivity contribution in [1.29, 1.82) is 0 Å². The van der Waals surface area contributed by atoms with Crippen LogP contribution in [0.4, 0.5) is 5.69 Å². The van der Waals surface area contributed by atoms with Gasteiger partial charge in [-0.3, -0.25) is 4.90 Å². The van der Waals surface area contributed by atoms with Gasteiger partial charge in [0.15, 0.2) is 0 Å². The smallest absolute Gasteiger partial charge is 0.120 e. The number of anilines is 1. The number of aromatic hydroxyl groups is 1. The summed E-state index contributed by atoms with van der Waals surface area (Å²) < 4.78 is 5.38. The lowest BCUT2D eigenvalue weighted by Gasteiger charge is -2.38. The lowest BCUT2D eigenvalue weighted by molar-refractivity contribution is 0.0841. The first-order valence-electron chi connectivity index (χ1n) is 12.2. The third-order valence-electron chi connectivity index (χ3n) is 7.06. The zero-order valence-electron chi connectivity index (χ0n) is 20.3. The Morgan fingerprint density at radius 3 is 2.54 bits per heavy atom. The highest BCUT2D eigenvalue weighted by Crippen LogP contribution is 2.54. The highest BCUT2D eigenvalue weighted by Gasteiger charge is 2.27. The molecule has 0 aliphatic carbocycles. The maximum absolute atomic E-state index is 11.4. The molecule has 3 aromatic rings. The number of fused-ring (bicyclic) bond motifs is 1. The Morgan fingerprint density at radius 2 is 1.74 bits per heavy atom. The van der Waals surface area contributed by atoms with Gasteiger partial charge in [-0.25, -0.2) is 0 Å². The molecule has 2 aliphatic heterocycles. The molecule has 1 saturated heterocycles. The average Bonchev–Trinajstić information content (AvgIpc) is 3.32. The summed E-state index contributed by atoms with van der Waals surface area (Å²) in [4.78, 5) is 7.26. The summed E-state index contributed by atoms with van der Waals surface area (Å²) >= 11 is 0. The second-order valence-corrected chi connectivity index (χ2v) is 11.4. The summed E-state index contributed by atoms with van der Waals surface area (Å²) in [5.41, 5.74) is 3.28. The lowest BCUT2D eigenvalue weighted by atomic mass is 9.96. The van der Waals surface area contributed by atoms with E-state index in [9.17, 15) is 10.2 Å². The maximum Gasteiger partial charge on any atom is 0.120 e. The van der Waals surface area contributed by atoms with E-state index in [0.717, 1.165) is 48.9 Å². The first kappa shape index (κ1) is 23.8. The van der Waals surface area contributed by atoms with E-state index < -0.39 is 17.0 Å². The molecule has 2 heterocycles. The van der Waals surface area contributed by atoms with E-state index in [1.54, 1.807) is 19.2 Å². The van der Waals surface area contributed by atoms with Gasteiger partial charge in [0.25, 0.3) is 0 Å². The molecule has 0 spiro atoms. The number of phenols is 1. The molecule has 6 heteroatoms. The van der Waals surface area contributed by atoms with Crippen LogP contribution >= 0.6 is 10.9 Å². The van der Waals surface area contributed by atoms with E-state index in [2.05, 4.69) is 64.6 Å². The zero-order valence-corrected chi connectivity index (χ0v) is 21.2. The van der Waals surface area contributed by atoms with Crippen LogP contribution in [-0.2, 0) is 0 Å². The van der Waals surface area contributed by atoms with Crippen LogP contribution in [0.2, 0.25) is 0 Å². The molecule has 3 atom stereocenters. The van der Waals surface area contributed by atoms with E-state index in [4.69, 9.17) is 4.74 Å². The van der Waals surface area contributed by atoms with Crippen LogP contribution in [0.25, 0.3) is 6.08 Å². The van der Waals surface area contributed by atoms with Crippen molar-refractivity contribution >= 4 is 22.7 Å². The number of hydrogen-bond acceptors (Lipinski definition) is 5. The summed E-state index contributed by atoms with van der Waals surface area (Å²) in [7, 11) is 1.01. The van der Waals surface area contributed by atoms with Crippen molar-refractivity contribution in [3.63, 3.8) is 0 Å². The molecule has 5 nitrogen and oxygen atoms in total. The number of phenolic OH excluding ortho intramolecular Hbond substituents is 1. The van der Waals surface area contributed by atoms with Crippen LogP contribution in [0.1, 0.15) is 24.2 Å². The molecule has 0 amide bonds. The van der Waals surface area contributed by atoms with Gasteiger partial charge in [-0.2, -0.15) is 10.9 Å². The predicted octanol–water partition coefficient (Wildman–Crippen LogP) is 5.30. The van der Waals surface area contributed by atoms with Gasteiger partial charge in [0.05, 0.1) is 13.2 Å². The molecule has 0 saturated carbocycles. The molecule has 0 radical (unpaired) electrons. The summed E-state index contributed by atoms with van der Waals surface area (Å²) in [6.07, 6.45) is 1.53. The number of piperazine rings is 1. The SMILES string of the molecule is COc1cccc(N2CCN(CC(C)C(O)c3cc(O)ccc3[SH]3C=Cc4ccccc43)CC2)c1. The van der Waals surface area contributed by atoms with Crippen molar-refractivity contribution < 1.29 is 14.9 Å². The molecule has 3 aromatic carbocycles. The number of ether oxygens (including phenoxy) is 1. The third kappa shape index (κ3) is 5.06. The third-order valence-corrected chi connectivity index (χ3v) is 9.36. The quantitative estimate of drug-likeness (QED) is 0.393. The fourth-order valence-electron chi connectivity index (χ4n) is 5.10. The molecule has 2 aliphatic rings. The number of aliphatic hydroxyl groups excluding tert-OH is 1. The number of thiol groups is 1. The van der Waals surface area contributed by atoms with E-state index in [1.807, 2.05) is 18.2 Å². The predicted molar refractivity (Wildman–Crippen MR) is 145 cm³/mol. The molecular formula is C29H34N2O3S. The van der Waals surface area contributed by atoms with Crippen LogP contribution in [0.15, 0.2) is 81.9 Å². The maximum atomic E-state index is 11.4. The summed E-state index contributed by atoms with van der Waals surface area (Å²) in [5, 5.41) is 24.0. The summed E-state index contributed by atoms with van der Waals surface area (Å²) in [6.45, 7) is 6.71. The van der Waals surface area contributed by atoms with Crippen molar-refractivity contribution in [2.45, 2.75) is 22.8 Å². The normalized spacial score (nSPS) is 20.4. The zero-order chi connectivity index (χ0) is 24.4. The van der Waals surface area contributed by atoms with Crippen LogP contribution < -0.4 is 9.64 Å². The van der Waals surface area contributed by atoms with Crippen LogP contribution in [-0.4, -0.2) is 54.9 Å². The fraction of sp³-hybridized carbons (Fsp3) is 0.310. The Bertz CT molecular complexity index is 1210. The number of benzene rings is 3. The highest BCUT2D eigenvalue weighted by molar-refractivity contribution is 8.20. The van der Waals surface area contributed by atoms with E-state index in [-0.39, 0.29) is 11.7 Å². The Hall–Kier alpha value is -2.93. The number of methoxy groups -OCH3 is 1. The van der Waals surface area contributed by atoms with Gasteiger partial charge >= 0.3 is 0 Å². The fourth-order valence-corrected chi connectivity index (χ4v) is 7.38. The van der Waals surface area contributed by atoms with Crippen LogP contribution in [0.3, 0.4) is 0 Å².